The van der Waals surface area contributed by atoms with Crippen molar-refractivity contribution in [2.75, 3.05) is 45.3 Å². The van der Waals surface area contributed by atoms with E-state index < -0.39 is 11.6 Å². The predicted molar refractivity (Wildman–Crippen MR) is 164 cm³/mol. The van der Waals surface area contributed by atoms with Crippen molar-refractivity contribution >= 4 is 27.5 Å². The first-order valence-corrected chi connectivity index (χ1v) is 15.1. The Kier molecular flexibility index (Phi) is 7.75. The van der Waals surface area contributed by atoms with E-state index in [-0.39, 0.29) is 40.0 Å². The van der Waals surface area contributed by atoms with Gasteiger partial charge in [0, 0.05) is 19.2 Å². The van der Waals surface area contributed by atoms with Crippen molar-refractivity contribution in [3.63, 3.8) is 0 Å². The van der Waals surface area contributed by atoms with Gasteiger partial charge in [-0.15, -0.1) is 0 Å². The van der Waals surface area contributed by atoms with Crippen LogP contribution in [0, 0.1) is 17.6 Å². The molecule has 2 fully saturated rings. The number of nitrogens with zero attached hydrogens (tertiary/aromatic N) is 5. The summed E-state index contributed by atoms with van der Waals surface area (Å²) in [6, 6.07) is 5.97. The lowest BCUT2D eigenvalue weighted by molar-refractivity contribution is 0.108. The minimum atomic E-state index is -0.720. The van der Waals surface area contributed by atoms with Gasteiger partial charge in [-0.1, -0.05) is 26.8 Å². The number of hydrogen-bond acceptors (Lipinski definition) is 8. The number of ether oxygens (including phenoxy) is 2. The van der Waals surface area contributed by atoms with Crippen LogP contribution in [0.15, 0.2) is 24.3 Å². The molecule has 0 aliphatic carbocycles. The molecule has 2 aliphatic heterocycles. The van der Waals surface area contributed by atoms with Gasteiger partial charge in [-0.25, -0.2) is 13.8 Å². The Bertz CT molecular complexity index is 1690. The maximum Gasteiger partial charge on any atom is 0.319 e. The van der Waals surface area contributed by atoms with Gasteiger partial charge >= 0.3 is 6.01 Å². The lowest BCUT2D eigenvalue weighted by Crippen LogP contribution is -2.43. The van der Waals surface area contributed by atoms with Crippen LogP contribution in [0.4, 0.5) is 14.6 Å². The maximum absolute atomic E-state index is 16.8. The quantitative estimate of drug-likeness (QED) is 0.236. The lowest BCUT2D eigenvalue weighted by atomic mass is 9.94. The van der Waals surface area contributed by atoms with Crippen LogP contribution in [0.25, 0.3) is 32.9 Å². The molecule has 2 saturated heterocycles. The highest BCUT2D eigenvalue weighted by atomic mass is 19.1. The van der Waals surface area contributed by atoms with E-state index in [0.717, 1.165) is 38.8 Å². The number of rotatable bonds is 9. The fraction of sp³-hybridized carbons (Fsp3) is 0.485. The fourth-order valence-corrected chi connectivity index (χ4v) is 7.10. The Morgan fingerprint density at radius 1 is 1.07 bits per heavy atom. The van der Waals surface area contributed by atoms with Crippen LogP contribution >= 0.6 is 0 Å². The highest BCUT2D eigenvalue weighted by Gasteiger charge is 2.45. The molecule has 4 aromatic rings. The second-order valence-corrected chi connectivity index (χ2v) is 12.3. The number of phenols is 1. The van der Waals surface area contributed by atoms with Crippen LogP contribution in [0.3, 0.4) is 0 Å². The number of phenolic OH excluding ortho intramolecular Hbond substituents is 1. The summed E-state index contributed by atoms with van der Waals surface area (Å²) in [6.45, 7) is 9.22. The summed E-state index contributed by atoms with van der Waals surface area (Å²) < 4.78 is 43.9. The second-order valence-electron chi connectivity index (χ2n) is 12.3. The van der Waals surface area contributed by atoms with Crippen molar-refractivity contribution in [1.29, 1.82) is 0 Å². The molecule has 2 aromatic heterocycles. The van der Waals surface area contributed by atoms with Crippen molar-refractivity contribution in [1.82, 2.24) is 19.9 Å². The molecule has 0 unspecified atom stereocenters. The summed E-state index contributed by atoms with van der Waals surface area (Å²) in [4.78, 5) is 18.4. The molecule has 43 heavy (non-hydrogen) atoms. The molecule has 2 aliphatic rings. The molecule has 6 rings (SSSR count). The van der Waals surface area contributed by atoms with E-state index in [1.165, 1.54) is 25.3 Å². The Morgan fingerprint density at radius 3 is 2.49 bits per heavy atom. The Balaban J connectivity index is 1.57. The van der Waals surface area contributed by atoms with Crippen molar-refractivity contribution in [2.24, 2.45) is 5.92 Å². The molecule has 0 spiro atoms. The Labute approximate surface area is 250 Å². The molecule has 10 heteroatoms. The first-order chi connectivity index (χ1) is 20.7. The molecule has 0 amide bonds. The number of methoxy groups -OCH3 is 1. The number of fused-ring (bicyclic) bond motifs is 3. The number of aromatic hydroxyl groups is 1. The van der Waals surface area contributed by atoms with E-state index >= 15 is 4.39 Å². The molecule has 8 nitrogen and oxygen atoms in total. The molecule has 0 atom stereocenters. The van der Waals surface area contributed by atoms with Gasteiger partial charge in [0.2, 0.25) is 5.88 Å². The molecule has 2 aromatic carbocycles. The molecule has 4 heterocycles. The number of aryl methyl sites for hydroxylation is 1. The smallest absolute Gasteiger partial charge is 0.319 e. The molecule has 0 saturated carbocycles. The number of halogens is 2. The normalized spacial score (nSPS) is 16.4. The van der Waals surface area contributed by atoms with E-state index in [1.807, 2.05) is 18.9 Å². The van der Waals surface area contributed by atoms with E-state index in [1.54, 1.807) is 6.07 Å². The van der Waals surface area contributed by atoms with Crippen molar-refractivity contribution in [3.8, 4) is 28.9 Å². The zero-order valence-electron chi connectivity index (χ0n) is 25.5. The third-order valence-corrected chi connectivity index (χ3v) is 8.95. The third kappa shape index (κ3) is 5.09. The average molecular weight is 592 g/mol. The third-order valence-electron chi connectivity index (χ3n) is 8.95. The number of pyridine rings is 1. The number of anilines is 1. The minimum Gasteiger partial charge on any atom is -0.508 e. The number of hydrogen-bond donors (Lipinski definition) is 1. The Morgan fingerprint density at radius 2 is 1.81 bits per heavy atom. The lowest BCUT2D eigenvalue weighted by Gasteiger charge is -2.31. The van der Waals surface area contributed by atoms with Crippen molar-refractivity contribution in [2.45, 2.75) is 58.4 Å². The van der Waals surface area contributed by atoms with Crippen LogP contribution < -0.4 is 14.4 Å². The van der Waals surface area contributed by atoms with Crippen LogP contribution in [-0.4, -0.2) is 70.9 Å². The number of aromatic nitrogens is 3. The molecule has 0 bridgehead atoms. The topological polar surface area (TPSA) is 83.8 Å². The van der Waals surface area contributed by atoms with Gasteiger partial charge in [-0.05, 0) is 85.6 Å². The highest BCUT2D eigenvalue weighted by Crippen LogP contribution is 2.43. The van der Waals surface area contributed by atoms with Gasteiger partial charge in [-0.3, -0.25) is 4.90 Å². The summed E-state index contributed by atoms with van der Waals surface area (Å²) in [5.41, 5.74) is 0.533. The molecular weight excluding hydrogens is 552 g/mol. The standard InChI is InChI=1S/C33H39F2N5O3/c1-6-22-24(34)10-9-20-15-21(41)16-23(25(20)22)28-27(35)29-26(31(36-28)42-5)30(39(4)17-19(2)3)38-32(37-29)43-18-33-11-7-13-40(33)14-8-12-33/h9-10,15-16,19,41H,6-8,11-14,17-18H2,1-5H3. The van der Waals surface area contributed by atoms with Gasteiger partial charge in [0.1, 0.15) is 40.6 Å². The summed E-state index contributed by atoms with van der Waals surface area (Å²) in [5.74, 6) is -0.326. The van der Waals surface area contributed by atoms with Gasteiger partial charge in [-0.2, -0.15) is 9.97 Å². The Hall–Kier alpha value is -3.79. The van der Waals surface area contributed by atoms with Crippen LogP contribution in [0.5, 0.6) is 17.6 Å². The van der Waals surface area contributed by atoms with E-state index in [2.05, 4.69) is 28.7 Å². The first-order valence-electron chi connectivity index (χ1n) is 15.1. The van der Waals surface area contributed by atoms with Gasteiger partial charge in [0.05, 0.1) is 12.6 Å². The largest absolute Gasteiger partial charge is 0.508 e. The van der Waals surface area contributed by atoms with Crippen LogP contribution in [-0.2, 0) is 6.42 Å². The zero-order chi connectivity index (χ0) is 30.5. The SMILES string of the molecule is CCc1c(F)ccc2cc(O)cc(-c3nc(OC)c4c(N(C)CC(C)C)nc(OCC56CCCN5CCC6)nc4c3F)c12. The minimum absolute atomic E-state index is 0.00407. The molecular formula is C33H39F2N5O3. The van der Waals surface area contributed by atoms with Crippen molar-refractivity contribution in [3.05, 3.63) is 41.5 Å². The average Bonchev–Trinajstić information content (AvgIpc) is 3.56. The fourth-order valence-electron chi connectivity index (χ4n) is 7.10. The van der Waals surface area contributed by atoms with Crippen LogP contribution in [0.2, 0.25) is 0 Å². The predicted octanol–water partition coefficient (Wildman–Crippen LogP) is 6.50. The summed E-state index contributed by atoms with van der Waals surface area (Å²) in [5, 5.41) is 12.0. The zero-order valence-corrected chi connectivity index (χ0v) is 25.5. The highest BCUT2D eigenvalue weighted by molar-refractivity contribution is 6.03. The summed E-state index contributed by atoms with van der Waals surface area (Å²) in [6.07, 6.45) is 4.73. The van der Waals surface area contributed by atoms with Gasteiger partial charge < -0.3 is 19.5 Å². The van der Waals surface area contributed by atoms with Crippen LogP contribution in [0.1, 0.15) is 52.0 Å². The first kappa shape index (κ1) is 29.3. The molecule has 0 radical (unpaired) electrons. The second kappa shape index (κ2) is 11.4. The van der Waals surface area contributed by atoms with E-state index in [0.29, 0.717) is 53.0 Å². The van der Waals surface area contributed by atoms with Gasteiger partial charge in [0.15, 0.2) is 5.82 Å². The number of benzene rings is 2. The van der Waals surface area contributed by atoms with E-state index in [9.17, 15) is 9.50 Å². The monoisotopic (exact) mass is 591 g/mol. The summed E-state index contributed by atoms with van der Waals surface area (Å²) in [7, 11) is 3.36. The molecule has 228 valence electrons. The van der Waals surface area contributed by atoms with E-state index in [4.69, 9.17) is 14.5 Å². The molecule has 1 N–H and O–H groups in total. The van der Waals surface area contributed by atoms with Gasteiger partial charge in [0.25, 0.3) is 0 Å². The van der Waals surface area contributed by atoms with Crippen molar-refractivity contribution < 1.29 is 23.4 Å². The summed E-state index contributed by atoms with van der Waals surface area (Å²) >= 11 is 0. The maximum atomic E-state index is 16.8.